The largest absolute Gasteiger partial charge is 0.345 e. The normalized spacial score (nSPS) is 20.1. The van der Waals surface area contributed by atoms with Crippen LogP contribution >= 0.6 is 0 Å². The van der Waals surface area contributed by atoms with Crippen molar-refractivity contribution >= 4 is 0 Å². The van der Waals surface area contributed by atoms with Gasteiger partial charge in [-0.25, -0.2) is 0 Å². The van der Waals surface area contributed by atoms with E-state index in [9.17, 15) is 0 Å². The van der Waals surface area contributed by atoms with Crippen LogP contribution in [0.2, 0.25) is 0 Å². The van der Waals surface area contributed by atoms with Crippen LogP contribution in [-0.4, -0.2) is 19.8 Å². The lowest BCUT2D eigenvalue weighted by Gasteiger charge is -2.37. The summed E-state index contributed by atoms with van der Waals surface area (Å²) in [5.74, 6) is -0.719. The van der Waals surface area contributed by atoms with Crippen molar-refractivity contribution in [3.05, 3.63) is 35.4 Å². The molecule has 1 aliphatic rings. The summed E-state index contributed by atoms with van der Waals surface area (Å²) in [6.07, 6.45) is 0.938. The number of rotatable bonds is 2. The molecule has 0 aromatic heterocycles. The molecule has 0 aliphatic carbocycles. The van der Waals surface area contributed by atoms with E-state index in [0.29, 0.717) is 19.8 Å². The van der Waals surface area contributed by atoms with Gasteiger partial charge in [0.15, 0.2) is 0 Å². The SMILES string of the molecule is Cc1ccccc1C1(CN)OCCCO1. The van der Waals surface area contributed by atoms with Gasteiger partial charge < -0.3 is 15.2 Å². The first-order valence-electron chi connectivity index (χ1n) is 5.32. The highest BCUT2D eigenvalue weighted by molar-refractivity contribution is 5.30. The molecule has 2 N–H and O–H groups in total. The Morgan fingerprint density at radius 2 is 1.93 bits per heavy atom. The first-order chi connectivity index (χ1) is 7.28. The van der Waals surface area contributed by atoms with Gasteiger partial charge in [-0.15, -0.1) is 0 Å². The van der Waals surface area contributed by atoms with Gasteiger partial charge in [0.1, 0.15) is 0 Å². The second-order valence-electron chi connectivity index (χ2n) is 3.82. The molecule has 1 heterocycles. The topological polar surface area (TPSA) is 44.5 Å². The molecule has 0 radical (unpaired) electrons. The molecule has 2 rings (SSSR count). The predicted octanol–water partition coefficient (Wildman–Crippen LogP) is 1.54. The van der Waals surface area contributed by atoms with Gasteiger partial charge in [-0.2, -0.15) is 0 Å². The fraction of sp³-hybridized carbons (Fsp3) is 0.500. The maximum absolute atomic E-state index is 5.79. The third-order valence-corrected chi connectivity index (χ3v) is 2.78. The molecule has 0 spiro atoms. The molecule has 1 aliphatic heterocycles. The van der Waals surface area contributed by atoms with E-state index < -0.39 is 5.79 Å². The van der Waals surface area contributed by atoms with Crippen LogP contribution in [0.4, 0.5) is 0 Å². The maximum atomic E-state index is 5.79. The number of aryl methyl sites for hydroxylation is 1. The highest BCUT2D eigenvalue weighted by atomic mass is 16.7. The number of ether oxygens (including phenoxy) is 2. The van der Waals surface area contributed by atoms with Gasteiger partial charge in [0.05, 0.1) is 19.8 Å². The van der Waals surface area contributed by atoms with Gasteiger partial charge in [0, 0.05) is 5.56 Å². The fourth-order valence-electron chi connectivity index (χ4n) is 1.96. The standard InChI is InChI=1S/C12H17NO2/c1-10-5-2-3-6-11(10)12(9-13)14-7-4-8-15-12/h2-3,5-6H,4,7-9,13H2,1H3. The van der Waals surface area contributed by atoms with Gasteiger partial charge in [-0.3, -0.25) is 0 Å². The van der Waals surface area contributed by atoms with E-state index in [-0.39, 0.29) is 0 Å². The third-order valence-electron chi connectivity index (χ3n) is 2.78. The molecule has 82 valence electrons. The van der Waals surface area contributed by atoms with Crippen LogP contribution in [0.15, 0.2) is 24.3 Å². The van der Waals surface area contributed by atoms with Gasteiger partial charge in [0.2, 0.25) is 5.79 Å². The Morgan fingerprint density at radius 3 is 2.53 bits per heavy atom. The van der Waals surface area contributed by atoms with E-state index >= 15 is 0 Å². The quantitative estimate of drug-likeness (QED) is 0.800. The number of nitrogens with two attached hydrogens (primary N) is 1. The Hall–Kier alpha value is -0.900. The molecule has 3 heteroatoms. The first kappa shape index (κ1) is 10.6. The van der Waals surface area contributed by atoms with Crippen LogP contribution in [0.25, 0.3) is 0 Å². The number of hydrogen-bond acceptors (Lipinski definition) is 3. The zero-order valence-electron chi connectivity index (χ0n) is 9.03. The van der Waals surface area contributed by atoms with Crippen LogP contribution in [0.5, 0.6) is 0 Å². The van der Waals surface area contributed by atoms with Gasteiger partial charge in [-0.1, -0.05) is 24.3 Å². The molecule has 1 fully saturated rings. The van der Waals surface area contributed by atoms with Crippen LogP contribution in [-0.2, 0) is 15.3 Å². The zero-order chi connectivity index (χ0) is 10.7. The predicted molar refractivity (Wildman–Crippen MR) is 58.4 cm³/mol. The molecular formula is C12H17NO2. The lowest BCUT2D eigenvalue weighted by Crippen LogP contribution is -2.44. The highest BCUT2D eigenvalue weighted by Gasteiger charge is 2.36. The van der Waals surface area contributed by atoms with E-state index in [1.165, 1.54) is 0 Å². The number of benzene rings is 1. The molecule has 0 saturated carbocycles. The molecule has 15 heavy (non-hydrogen) atoms. The Balaban J connectivity index is 2.36. The van der Waals surface area contributed by atoms with Crippen molar-refractivity contribution in [3.63, 3.8) is 0 Å². The minimum absolute atomic E-state index is 0.359. The van der Waals surface area contributed by atoms with Crippen molar-refractivity contribution in [2.45, 2.75) is 19.1 Å². The summed E-state index contributed by atoms with van der Waals surface area (Å²) in [5, 5.41) is 0. The van der Waals surface area contributed by atoms with Crippen molar-refractivity contribution in [2.24, 2.45) is 5.73 Å². The lowest BCUT2D eigenvalue weighted by atomic mass is 9.99. The average molecular weight is 207 g/mol. The van der Waals surface area contributed by atoms with Crippen LogP contribution in [0.1, 0.15) is 17.5 Å². The molecular weight excluding hydrogens is 190 g/mol. The summed E-state index contributed by atoms with van der Waals surface area (Å²) in [6, 6.07) is 8.06. The molecule has 3 nitrogen and oxygen atoms in total. The van der Waals surface area contributed by atoms with Gasteiger partial charge in [-0.05, 0) is 18.9 Å². The van der Waals surface area contributed by atoms with Crippen molar-refractivity contribution in [1.82, 2.24) is 0 Å². The summed E-state index contributed by atoms with van der Waals surface area (Å²) in [4.78, 5) is 0. The van der Waals surface area contributed by atoms with Crippen LogP contribution in [0, 0.1) is 6.92 Å². The zero-order valence-corrected chi connectivity index (χ0v) is 9.03. The van der Waals surface area contributed by atoms with Crippen LogP contribution < -0.4 is 5.73 Å². The summed E-state index contributed by atoms with van der Waals surface area (Å²) in [5.41, 5.74) is 7.99. The first-order valence-corrected chi connectivity index (χ1v) is 5.32. The summed E-state index contributed by atoms with van der Waals surface area (Å²) < 4.78 is 11.5. The molecule has 1 saturated heterocycles. The van der Waals surface area contributed by atoms with Crippen molar-refractivity contribution in [2.75, 3.05) is 19.8 Å². The van der Waals surface area contributed by atoms with E-state index in [2.05, 4.69) is 0 Å². The summed E-state index contributed by atoms with van der Waals surface area (Å²) in [7, 11) is 0. The van der Waals surface area contributed by atoms with Crippen molar-refractivity contribution < 1.29 is 9.47 Å². The molecule has 1 aromatic carbocycles. The van der Waals surface area contributed by atoms with E-state index in [4.69, 9.17) is 15.2 Å². The Bertz CT molecular complexity index is 332. The fourth-order valence-corrected chi connectivity index (χ4v) is 1.96. The third kappa shape index (κ3) is 1.91. The molecule has 0 atom stereocenters. The molecule has 0 amide bonds. The maximum Gasteiger partial charge on any atom is 0.207 e. The summed E-state index contributed by atoms with van der Waals surface area (Å²) >= 11 is 0. The number of hydrogen-bond donors (Lipinski definition) is 1. The lowest BCUT2D eigenvalue weighted by molar-refractivity contribution is -0.270. The van der Waals surface area contributed by atoms with Gasteiger partial charge >= 0.3 is 0 Å². The Kier molecular flexibility index (Phi) is 3.05. The monoisotopic (exact) mass is 207 g/mol. The van der Waals surface area contributed by atoms with E-state index in [1.807, 2.05) is 31.2 Å². The average Bonchev–Trinajstić information content (AvgIpc) is 2.30. The molecule has 1 aromatic rings. The second kappa shape index (κ2) is 4.31. The molecule has 0 unspecified atom stereocenters. The summed E-state index contributed by atoms with van der Waals surface area (Å²) in [6.45, 7) is 3.84. The Labute approximate surface area is 90.2 Å². The minimum Gasteiger partial charge on any atom is -0.345 e. The highest BCUT2D eigenvalue weighted by Crippen LogP contribution is 2.31. The minimum atomic E-state index is -0.719. The van der Waals surface area contributed by atoms with Crippen molar-refractivity contribution in [1.29, 1.82) is 0 Å². The van der Waals surface area contributed by atoms with Gasteiger partial charge in [0.25, 0.3) is 0 Å². The van der Waals surface area contributed by atoms with Crippen molar-refractivity contribution in [3.8, 4) is 0 Å². The Morgan fingerprint density at radius 1 is 1.27 bits per heavy atom. The van der Waals surface area contributed by atoms with Crippen LogP contribution in [0.3, 0.4) is 0 Å². The van der Waals surface area contributed by atoms with E-state index in [0.717, 1.165) is 17.5 Å². The second-order valence-corrected chi connectivity index (χ2v) is 3.82. The van der Waals surface area contributed by atoms with E-state index in [1.54, 1.807) is 0 Å². The molecule has 0 bridgehead atoms. The smallest absolute Gasteiger partial charge is 0.207 e.